The van der Waals surface area contributed by atoms with Crippen molar-refractivity contribution >= 4 is 65.0 Å². The first kappa shape index (κ1) is 32.7. The van der Waals surface area contributed by atoms with E-state index in [2.05, 4.69) is 10.3 Å². The Labute approximate surface area is 282 Å². The fourth-order valence-electron chi connectivity index (χ4n) is 5.37. The second kappa shape index (κ2) is 14.3. The first-order valence-electron chi connectivity index (χ1n) is 15.3. The summed E-state index contributed by atoms with van der Waals surface area (Å²) in [4.78, 5) is 31.3. The number of hydrogen-bond donors (Lipinski definition) is 1. The number of amides is 1. The Morgan fingerprint density at radius 2 is 1.71 bits per heavy atom. The summed E-state index contributed by atoms with van der Waals surface area (Å²) in [7, 11) is -1.09. The van der Waals surface area contributed by atoms with E-state index >= 15 is 4.57 Å². The maximum atomic E-state index is 15.4. The molecule has 48 heavy (non-hydrogen) atoms. The molecule has 0 radical (unpaired) electrons. The van der Waals surface area contributed by atoms with E-state index in [9.17, 15) is 9.59 Å². The number of fused-ring (bicyclic) bond motifs is 2. The van der Waals surface area contributed by atoms with Crippen molar-refractivity contribution in [1.29, 1.82) is 0 Å². The smallest absolute Gasteiger partial charge is 0.364 e. The second-order valence-corrected chi connectivity index (χ2v) is 14.3. The number of carbonyl (C=O) groups excluding carboxylic acids is 2. The summed E-state index contributed by atoms with van der Waals surface area (Å²) in [5.74, 6) is -1.06. The highest BCUT2D eigenvalue weighted by Gasteiger charge is 2.36. The minimum atomic E-state index is -3.99. The summed E-state index contributed by atoms with van der Waals surface area (Å²) in [5, 5.41) is 10.00. The Morgan fingerprint density at radius 1 is 0.938 bits per heavy atom. The van der Waals surface area contributed by atoms with Crippen molar-refractivity contribution in [2.75, 3.05) is 20.3 Å². The van der Waals surface area contributed by atoms with Gasteiger partial charge in [0.25, 0.3) is 5.91 Å². The summed E-state index contributed by atoms with van der Waals surface area (Å²) in [6.07, 6.45) is 5.19. The molecule has 1 unspecified atom stereocenters. The van der Waals surface area contributed by atoms with E-state index in [4.69, 9.17) is 14.4 Å². The lowest BCUT2D eigenvalue weighted by atomic mass is 10.1. The van der Waals surface area contributed by atoms with Crippen LogP contribution in [-0.4, -0.2) is 46.7 Å². The van der Waals surface area contributed by atoms with Gasteiger partial charge < -0.3 is 14.6 Å². The molecule has 9 nitrogen and oxygen atoms in total. The van der Waals surface area contributed by atoms with Crippen LogP contribution in [0.3, 0.4) is 0 Å². The van der Waals surface area contributed by atoms with E-state index in [-0.39, 0.29) is 12.1 Å². The monoisotopic (exact) mass is 676 g/mol. The first-order chi connectivity index (χ1) is 23.3. The van der Waals surface area contributed by atoms with Crippen molar-refractivity contribution in [2.24, 2.45) is 5.92 Å². The molecule has 11 heteroatoms. The Bertz CT molecular complexity index is 2200. The zero-order valence-corrected chi connectivity index (χ0v) is 28.3. The standard InChI is InChI=1S/C37H33N4O5PS/c1-25(37(43)45-3)24-47(44,46-34-16-10-12-26-11-4-5-14-29(26)34)41-33-23-28(48-35-17-7-6-15-31(35)36(42)38-2)19-20-30(33)32(40-41)21-18-27-13-8-9-22-39-27/h4-23,25H,24H2,1-3H3,(H,38,42)/b21-18+/t25-,47?/m1/s1. The van der Waals surface area contributed by atoms with Crippen LogP contribution < -0.4 is 9.84 Å². The third-order valence-electron chi connectivity index (χ3n) is 7.74. The van der Waals surface area contributed by atoms with Gasteiger partial charge in [0.2, 0.25) is 0 Å². The molecule has 0 saturated heterocycles. The van der Waals surface area contributed by atoms with Crippen molar-refractivity contribution in [3.8, 4) is 5.75 Å². The number of aromatic nitrogens is 3. The Morgan fingerprint density at radius 3 is 2.50 bits per heavy atom. The van der Waals surface area contributed by atoms with Gasteiger partial charge in [0.1, 0.15) is 5.75 Å². The number of ether oxygens (including phenoxy) is 1. The van der Waals surface area contributed by atoms with Crippen LogP contribution in [0.5, 0.6) is 5.75 Å². The minimum Gasteiger partial charge on any atom is -0.469 e. The molecule has 2 heterocycles. The molecule has 2 atom stereocenters. The van der Waals surface area contributed by atoms with Gasteiger partial charge in [0.15, 0.2) is 0 Å². The normalized spacial score (nSPS) is 13.3. The molecule has 2 aromatic heterocycles. The van der Waals surface area contributed by atoms with Crippen molar-refractivity contribution in [1.82, 2.24) is 19.9 Å². The topological polar surface area (TPSA) is 112 Å². The van der Waals surface area contributed by atoms with E-state index in [1.54, 1.807) is 32.3 Å². The molecule has 6 aromatic rings. The lowest BCUT2D eigenvalue weighted by molar-refractivity contribution is -0.144. The van der Waals surface area contributed by atoms with Crippen LogP contribution in [0, 0.1) is 5.92 Å². The van der Waals surface area contributed by atoms with Gasteiger partial charge in [0, 0.05) is 33.8 Å². The molecule has 0 aliphatic heterocycles. The fraction of sp³-hybridized carbons (Fsp3) is 0.135. The van der Waals surface area contributed by atoms with E-state index in [1.807, 2.05) is 103 Å². The SMILES string of the molecule is CNC(=O)c1ccccc1Sc1ccc2c(/C=C/c3ccccn3)nn(P(=O)(C[C@@H](C)C(=O)OC)Oc3cccc4ccccc34)c2c1. The zero-order chi connectivity index (χ0) is 33.7. The first-order valence-corrected chi connectivity index (χ1v) is 17.8. The van der Waals surface area contributed by atoms with Gasteiger partial charge in [-0.05, 0) is 66.1 Å². The lowest BCUT2D eigenvalue weighted by Gasteiger charge is -2.23. The molecule has 1 N–H and O–H groups in total. The van der Waals surface area contributed by atoms with Crippen LogP contribution in [0.25, 0.3) is 33.8 Å². The molecule has 242 valence electrons. The largest absolute Gasteiger partial charge is 0.469 e. The van der Waals surface area contributed by atoms with Gasteiger partial charge in [-0.25, -0.2) is 0 Å². The number of carbonyl (C=O) groups is 2. The van der Waals surface area contributed by atoms with Crippen LogP contribution in [-0.2, 0) is 14.1 Å². The Kier molecular flexibility index (Phi) is 9.75. The van der Waals surface area contributed by atoms with E-state index in [0.29, 0.717) is 22.5 Å². The van der Waals surface area contributed by atoms with Gasteiger partial charge in [-0.1, -0.05) is 73.3 Å². The molecule has 4 aromatic carbocycles. The van der Waals surface area contributed by atoms with Crippen molar-refractivity contribution in [3.63, 3.8) is 0 Å². The molecule has 0 spiro atoms. The van der Waals surface area contributed by atoms with Crippen LogP contribution in [0.4, 0.5) is 0 Å². The third kappa shape index (κ3) is 6.90. The summed E-state index contributed by atoms with van der Waals surface area (Å²) < 4.78 is 28.4. The molecular weight excluding hydrogens is 643 g/mol. The third-order valence-corrected chi connectivity index (χ3v) is 11.2. The number of methoxy groups -OCH3 is 1. The predicted molar refractivity (Wildman–Crippen MR) is 190 cm³/mol. The average molecular weight is 677 g/mol. The number of nitrogens with one attached hydrogen (secondary N) is 1. The molecule has 0 aliphatic carbocycles. The minimum absolute atomic E-state index is 0.167. The lowest BCUT2D eigenvalue weighted by Crippen LogP contribution is -2.21. The van der Waals surface area contributed by atoms with Crippen LogP contribution >= 0.6 is 19.3 Å². The van der Waals surface area contributed by atoms with Crippen molar-refractivity contribution in [3.05, 3.63) is 126 Å². The number of esters is 1. The Balaban J connectivity index is 1.53. The van der Waals surface area contributed by atoms with Crippen molar-refractivity contribution < 1.29 is 23.4 Å². The van der Waals surface area contributed by atoms with Crippen LogP contribution in [0.15, 0.2) is 119 Å². The van der Waals surface area contributed by atoms with Gasteiger partial charge in [0.05, 0.1) is 41.7 Å². The summed E-state index contributed by atoms with van der Waals surface area (Å²) in [6, 6.07) is 31.9. The number of pyridine rings is 1. The van der Waals surface area contributed by atoms with Crippen molar-refractivity contribution in [2.45, 2.75) is 16.7 Å². The van der Waals surface area contributed by atoms with Gasteiger partial charge in [-0.15, -0.1) is 0 Å². The van der Waals surface area contributed by atoms with E-state index in [0.717, 1.165) is 31.6 Å². The molecule has 6 rings (SSSR count). The van der Waals surface area contributed by atoms with Crippen LogP contribution in [0.2, 0.25) is 0 Å². The molecule has 0 fully saturated rings. The number of rotatable bonds is 11. The highest BCUT2D eigenvalue weighted by molar-refractivity contribution is 7.99. The fourth-order valence-corrected chi connectivity index (χ4v) is 8.69. The highest BCUT2D eigenvalue weighted by atomic mass is 32.2. The van der Waals surface area contributed by atoms with E-state index in [1.165, 1.54) is 23.3 Å². The average Bonchev–Trinajstić information content (AvgIpc) is 3.49. The summed E-state index contributed by atoms with van der Waals surface area (Å²) in [5.41, 5.74) is 2.35. The zero-order valence-electron chi connectivity index (χ0n) is 26.6. The quantitative estimate of drug-likeness (QED) is 0.108. The number of benzene rings is 4. The summed E-state index contributed by atoms with van der Waals surface area (Å²) in [6.45, 7) is 1.66. The maximum absolute atomic E-state index is 15.4. The predicted octanol–water partition coefficient (Wildman–Crippen LogP) is 8.20. The second-order valence-electron chi connectivity index (χ2n) is 11.0. The number of hydrogen-bond acceptors (Lipinski definition) is 8. The number of nitrogens with zero attached hydrogens (tertiary/aromatic N) is 3. The highest BCUT2D eigenvalue weighted by Crippen LogP contribution is 2.53. The molecule has 1 amide bonds. The molecule has 0 aliphatic rings. The molecule has 0 saturated carbocycles. The Hall–Kier alpha value is -5.18. The van der Waals surface area contributed by atoms with Gasteiger partial charge in [-0.3, -0.25) is 19.1 Å². The maximum Gasteiger partial charge on any atom is 0.364 e. The molecule has 0 bridgehead atoms. The van der Waals surface area contributed by atoms with E-state index < -0.39 is 19.4 Å². The summed E-state index contributed by atoms with van der Waals surface area (Å²) >= 11 is 1.41. The molecular formula is C37H33N4O5PS. The van der Waals surface area contributed by atoms with Crippen LogP contribution in [0.1, 0.15) is 28.7 Å². The van der Waals surface area contributed by atoms with Gasteiger partial charge in [-0.2, -0.15) is 9.55 Å². The van der Waals surface area contributed by atoms with Gasteiger partial charge >= 0.3 is 13.5 Å².